The predicted molar refractivity (Wildman–Crippen MR) is 97.7 cm³/mol. The van der Waals surface area contributed by atoms with E-state index in [2.05, 4.69) is 13.8 Å². The molecule has 1 aliphatic heterocycles. The maximum Gasteiger partial charge on any atom is 0.311 e. The van der Waals surface area contributed by atoms with Crippen molar-refractivity contribution >= 4 is 11.8 Å². The minimum atomic E-state index is -0.657. The molecular formula is C22H32O5. The van der Waals surface area contributed by atoms with Crippen LogP contribution in [0.1, 0.15) is 65.2 Å². The Morgan fingerprint density at radius 2 is 1.74 bits per heavy atom. The van der Waals surface area contributed by atoms with Crippen LogP contribution < -0.4 is 0 Å². The SMILES string of the molecule is COC(=O)[C@]1(C)CCC[C@]2(C)[C@H]3CCC4(OCCO4)[C@H]4C(=O)C[C@]43CC[C@H]21. The minimum absolute atomic E-state index is 0.0132. The van der Waals surface area contributed by atoms with E-state index in [9.17, 15) is 9.59 Å². The molecule has 4 aliphatic carbocycles. The van der Waals surface area contributed by atoms with Crippen molar-refractivity contribution in [1.82, 2.24) is 0 Å². The number of ether oxygens (including phenoxy) is 3. The average Bonchev–Trinajstić information content (AvgIpc) is 3.07. The van der Waals surface area contributed by atoms with Gasteiger partial charge in [-0.15, -0.1) is 0 Å². The number of hydrogen-bond acceptors (Lipinski definition) is 5. The Bertz CT molecular complexity index is 682. The zero-order valence-electron chi connectivity index (χ0n) is 16.8. The lowest BCUT2D eigenvalue weighted by Crippen LogP contribution is -2.72. The van der Waals surface area contributed by atoms with Gasteiger partial charge in [0.05, 0.1) is 31.7 Å². The number of carbonyl (C=O) groups is 2. The molecular weight excluding hydrogens is 344 g/mol. The number of Topliss-reactive ketones (excluding diaryl/α,β-unsaturated/α-hetero) is 1. The van der Waals surface area contributed by atoms with Gasteiger partial charge in [-0.3, -0.25) is 9.59 Å². The smallest absolute Gasteiger partial charge is 0.311 e. The molecule has 1 heterocycles. The largest absolute Gasteiger partial charge is 0.469 e. The van der Waals surface area contributed by atoms with Crippen LogP contribution in [0.15, 0.2) is 0 Å². The van der Waals surface area contributed by atoms with Gasteiger partial charge in [0.25, 0.3) is 0 Å². The topological polar surface area (TPSA) is 61.8 Å². The Balaban J connectivity index is 1.54. The number of ketones is 1. The highest BCUT2D eigenvalue weighted by Gasteiger charge is 2.75. The Labute approximate surface area is 161 Å². The van der Waals surface area contributed by atoms with E-state index in [1.54, 1.807) is 0 Å². The second-order valence-electron chi connectivity index (χ2n) is 10.3. The molecule has 0 aromatic heterocycles. The summed E-state index contributed by atoms with van der Waals surface area (Å²) in [7, 11) is 1.52. The van der Waals surface area contributed by atoms with Crippen LogP contribution in [0.25, 0.3) is 0 Å². The van der Waals surface area contributed by atoms with Gasteiger partial charge in [-0.2, -0.15) is 0 Å². The number of methoxy groups -OCH3 is 1. The first-order chi connectivity index (χ1) is 12.8. The van der Waals surface area contributed by atoms with Gasteiger partial charge in [0.1, 0.15) is 5.78 Å². The molecule has 0 aromatic rings. The van der Waals surface area contributed by atoms with Gasteiger partial charge in [-0.25, -0.2) is 0 Å². The molecule has 4 saturated carbocycles. The fourth-order valence-electron chi connectivity index (χ4n) is 8.55. The summed E-state index contributed by atoms with van der Waals surface area (Å²) in [5, 5.41) is 0. The third-order valence-electron chi connectivity index (χ3n) is 9.41. The zero-order chi connectivity index (χ0) is 19.1. The molecule has 5 aliphatic rings. The molecule has 0 aromatic carbocycles. The molecule has 1 saturated heterocycles. The van der Waals surface area contributed by atoms with E-state index in [4.69, 9.17) is 14.2 Å². The molecule has 2 spiro atoms. The molecule has 0 unspecified atom stereocenters. The van der Waals surface area contributed by atoms with E-state index in [1.165, 1.54) is 7.11 Å². The number of hydrogen-bond donors (Lipinski definition) is 0. The lowest BCUT2D eigenvalue weighted by Gasteiger charge is -2.71. The van der Waals surface area contributed by atoms with Crippen molar-refractivity contribution in [1.29, 1.82) is 0 Å². The molecule has 5 nitrogen and oxygen atoms in total. The Morgan fingerprint density at radius 3 is 2.41 bits per heavy atom. The maximum absolute atomic E-state index is 12.8. The first-order valence-electron chi connectivity index (χ1n) is 10.7. The van der Waals surface area contributed by atoms with E-state index in [1.807, 2.05) is 0 Å². The van der Waals surface area contributed by atoms with Crippen molar-refractivity contribution in [2.45, 2.75) is 71.0 Å². The lowest BCUT2D eigenvalue weighted by atomic mass is 9.34. The van der Waals surface area contributed by atoms with Gasteiger partial charge in [0.2, 0.25) is 0 Å². The third kappa shape index (κ3) is 2.03. The first-order valence-corrected chi connectivity index (χ1v) is 10.7. The van der Waals surface area contributed by atoms with Crippen LogP contribution in [-0.2, 0) is 23.8 Å². The van der Waals surface area contributed by atoms with Gasteiger partial charge >= 0.3 is 5.97 Å². The monoisotopic (exact) mass is 376 g/mol. The molecule has 6 atom stereocenters. The minimum Gasteiger partial charge on any atom is -0.469 e. The Morgan fingerprint density at radius 1 is 1.04 bits per heavy atom. The number of fused-ring (bicyclic) bond motifs is 3. The van der Waals surface area contributed by atoms with Crippen molar-refractivity contribution in [3.8, 4) is 0 Å². The average molecular weight is 376 g/mol. The van der Waals surface area contributed by atoms with E-state index >= 15 is 0 Å². The summed E-state index contributed by atoms with van der Waals surface area (Å²) in [5.41, 5.74) is -0.306. The van der Waals surface area contributed by atoms with Crippen LogP contribution in [-0.4, -0.2) is 37.9 Å². The predicted octanol–water partition coefficient (Wildman–Crippen LogP) is 3.49. The van der Waals surface area contributed by atoms with Gasteiger partial charge in [0, 0.05) is 12.8 Å². The highest BCUT2D eigenvalue weighted by Crippen LogP contribution is 2.74. The Hall–Kier alpha value is -0.940. The molecule has 27 heavy (non-hydrogen) atoms. The van der Waals surface area contributed by atoms with Crippen LogP contribution in [0.5, 0.6) is 0 Å². The van der Waals surface area contributed by atoms with Gasteiger partial charge < -0.3 is 14.2 Å². The zero-order valence-corrected chi connectivity index (χ0v) is 16.8. The van der Waals surface area contributed by atoms with Crippen LogP contribution in [0.4, 0.5) is 0 Å². The van der Waals surface area contributed by atoms with Crippen LogP contribution in [0.3, 0.4) is 0 Å². The van der Waals surface area contributed by atoms with Crippen LogP contribution >= 0.6 is 0 Å². The normalized spacial score (nSPS) is 50.3. The second-order valence-corrected chi connectivity index (χ2v) is 10.3. The van der Waals surface area contributed by atoms with Gasteiger partial charge in [-0.05, 0) is 61.7 Å². The summed E-state index contributed by atoms with van der Waals surface area (Å²) >= 11 is 0. The molecule has 5 heteroatoms. The first kappa shape index (κ1) is 18.1. The Kier molecular flexibility index (Phi) is 3.73. The molecule has 0 amide bonds. The van der Waals surface area contributed by atoms with Gasteiger partial charge in [0.15, 0.2) is 5.79 Å². The molecule has 150 valence electrons. The van der Waals surface area contributed by atoms with E-state index in [-0.39, 0.29) is 22.7 Å². The summed E-state index contributed by atoms with van der Waals surface area (Å²) < 4.78 is 17.4. The van der Waals surface area contributed by atoms with Crippen molar-refractivity contribution in [2.24, 2.45) is 34.0 Å². The summed E-state index contributed by atoms with van der Waals surface area (Å²) in [6.07, 6.45) is 7.65. The fourth-order valence-corrected chi connectivity index (χ4v) is 8.55. The fraction of sp³-hybridized carbons (Fsp3) is 0.909. The number of rotatable bonds is 1. The quantitative estimate of drug-likeness (QED) is 0.656. The molecule has 0 bridgehead atoms. The number of esters is 1. The summed E-state index contributed by atoms with van der Waals surface area (Å²) in [6, 6.07) is 0. The molecule has 0 N–H and O–H groups in total. The molecule has 5 fully saturated rings. The summed E-state index contributed by atoms with van der Waals surface area (Å²) in [5.74, 6) is 0.317. The number of carbonyl (C=O) groups excluding carboxylic acids is 2. The van der Waals surface area contributed by atoms with E-state index in [0.717, 1.165) is 44.9 Å². The highest BCUT2D eigenvalue weighted by molar-refractivity contribution is 5.90. The van der Waals surface area contributed by atoms with Crippen LogP contribution in [0.2, 0.25) is 0 Å². The third-order valence-corrected chi connectivity index (χ3v) is 9.41. The summed E-state index contributed by atoms with van der Waals surface area (Å²) in [6.45, 7) is 5.73. The van der Waals surface area contributed by atoms with E-state index in [0.29, 0.717) is 37.3 Å². The summed E-state index contributed by atoms with van der Waals surface area (Å²) in [4.78, 5) is 25.5. The second kappa shape index (κ2) is 5.56. The lowest BCUT2D eigenvalue weighted by molar-refractivity contribution is -0.301. The van der Waals surface area contributed by atoms with Crippen molar-refractivity contribution in [3.63, 3.8) is 0 Å². The highest BCUT2D eigenvalue weighted by atomic mass is 16.7. The standard InChI is InChI=1S/C22H32O5/c1-19-7-4-8-20(2,18(24)25-3)15(19)5-9-21-13-14(23)17(21)22(10-6-16(19)21)26-11-12-27-22/h15-17H,4-13H2,1-3H3/t15-,16-,17+,19+,20-,21+/m1/s1. The molecule has 0 radical (unpaired) electrons. The van der Waals surface area contributed by atoms with Crippen molar-refractivity contribution < 1.29 is 23.8 Å². The van der Waals surface area contributed by atoms with Gasteiger partial charge in [-0.1, -0.05) is 13.3 Å². The maximum atomic E-state index is 12.8. The van der Waals surface area contributed by atoms with Crippen molar-refractivity contribution in [3.05, 3.63) is 0 Å². The van der Waals surface area contributed by atoms with Crippen LogP contribution in [0, 0.1) is 34.0 Å². The molecule has 5 rings (SSSR count). The van der Waals surface area contributed by atoms with Crippen molar-refractivity contribution in [2.75, 3.05) is 20.3 Å². The van der Waals surface area contributed by atoms with E-state index < -0.39 is 11.2 Å².